The van der Waals surface area contributed by atoms with Crippen molar-refractivity contribution in [3.8, 4) is 11.5 Å². The van der Waals surface area contributed by atoms with Gasteiger partial charge in [0.25, 0.3) is 5.91 Å². The fraction of sp³-hybridized carbons (Fsp3) is 0.435. The van der Waals surface area contributed by atoms with E-state index >= 15 is 0 Å². The number of aromatic nitrogens is 1. The van der Waals surface area contributed by atoms with E-state index < -0.39 is 0 Å². The van der Waals surface area contributed by atoms with Crippen molar-refractivity contribution < 1.29 is 19.1 Å². The number of benzene rings is 1. The van der Waals surface area contributed by atoms with E-state index in [-0.39, 0.29) is 23.9 Å². The zero-order chi connectivity index (χ0) is 22.1. The van der Waals surface area contributed by atoms with Crippen LogP contribution in [0.25, 0.3) is 0 Å². The summed E-state index contributed by atoms with van der Waals surface area (Å²) in [4.78, 5) is 30.7. The first-order valence-electron chi connectivity index (χ1n) is 10.1. The van der Waals surface area contributed by atoms with E-state index in [1.165, 1.54) is 4.90 Å². The molecule has 1 N–H and O–H groups in total. The van der Waals surface area contributed by atoms with Crippen LogP contribution < -0.4 is 14.8 Å². The van der Waals surface area contributed by atoms with E-state index in [1.807, 2.05) is 46.8 Å². The summed E-state index contributed by atoms with van der Waals surface area (Å²) in [5.74, 6) is 0.620. The highest BCUT2D eigenvalue weighted by Crippen LogP contribution is 2.29. The Morgan fingerprint density at radius 3 is 2.33 bits per heavy atom. The molecule has 0 aliphatic carbocycles. The van der Waals surface area contributed by atoms with Crippen molar-refractivity contribution >= 4 is 11.8 Å². The minimum atomic E-state index is -0.352. The molecule has 162 valence electrons. The number of rotatable bonds is 9. The number of pyridine rings is 1. The number of likely N-dealkylation sites (N-methyl/N-ethyl adjacent to an activating group) is 1. The van der Waals surface area contributed by atoms with Crippen LogP contribution in [-0.2, 0) is 11.4 Å². The molecule has 1 aromatic carbocycles. The van der Waals surface area contributed by atoms with E-state index in [2.05, 4.69) is 10.3 Å². The van der Waals surface area contributed by atoms with Crippen LogP contribution in [0.15, 0.2) is 42.7 Å². The van der Waals surface area contributed by atoms with Crippen molar-refractivity contribution in [2.24, 2.45) is 0 Å². The van der Waals surface area contributed by atoms with Crippen molar-refractivity contribution in [2.75, 3.05) is 19.7 Å². The Labute approximate surface area is 178 Å². The largest absolute Gasteiger partial charge is 0.490 e. The van der Waals surface area contributed by atoms with Crippen LogP contribution in [0.2, 0.25) is 0 Å². The van der Waals surface area contributed by atoms with Gasteiger partial charge in [-0.15, -0.1) is 0 Å². The molecule has 1 heterocycles. The Bertz CT molecular complexity index is 847. The summed E-state index contributed by atoms with van der Waals surface area (Å²) >= 11 is 0. The number of ether oxygens (including phenoxy) is 2. The van der Waals surface area contributed by atoms with Gasteiger partial charge in [-0.05, 0) is 70.5 Å². The first-order chi connectivity index (χ1) is 14.2. The normalized spacial score (nSPS) is 11.0. The summed E-state index contributed by atoms with van der Waals surface area (Å²) in [6, 6.07) is 8.83. The number of amides is 2. The Hall–Kier alpha value is -3.09. The lowest BCUT2D eigenvalue weighted by Gasteiger charge is -2.25. The molecule has 0 unspecified atom stereocenters. The number of nitrogens with zero attached hydrogens (tertiary/aromatic N) is 2. The van der Waals surface area contributed by atoms with E-state index in [4.69, 9.17) is 9.47 Å². The molecule has 1 aromatic heterocycles. The summed E-state index contributed by atoms with van der Waals surface area (Å²) in [6.07, 6.45) is 3.41. The van der Waals surface area contributed by atoms with Gasteiger partial charge in [0.2, 0.25) is 5.91 Å². The SMILES string of the molecule is CCOc1cc(C(=O)N(CC)CC(=O)NC(C)(C)C)ccc1OCc1ccncc1. The molecule has 7 heteroatoms. The summed E-state index contributed by atoms with van der Waals surface area (Å²) in [5.41, 5.74) is 1.07. The number of nitrogens with one attached hydrogen (secondary N) is 1. The molecule has 0 saturated heterocycles. The summed E-state index contributed by atoms with van der Waals surface area (Å²) in [5, 5.41) is 2.88. The summed E-state index contributed by atoms with van der Waals surface area (Å²) in [6.45, 7) is 10.6. The van der Waals surface area contributed by atoms with Gasteiger partial charge in [0.1, 0.15) is 6.61 Å². The van der Waals surface area contributed by atoms with Crippen molar-refractivity contribution in [1.82, 2.24) is 15.2 Å². The van der Waals surface area contributed by atoms with E-state index in [0.717, 1.165) is 5.56 Å². The van der Waals surface area contributed by atoms with Gasteiger partial charge in [0.15, 0.2) is 11.5 Å². The predicted octanol–water partition coefficient (Wildman–Crippen LogP) is 3.44. The Morgan fingerprint density at radius 1 is 1.03 bits per heavy atom. The fourth-order valence-corrected chi connectivity index (χ4v) is 2.81. The van der Waals surface area contributed by atoms with Crippen LogP contribution in [0, 0.1) is 0 Å². The first kappa shape index (κ1) is 23.2. The smallest absolute Gasteiger partial charge is 0.254 e. The van der Waals surface area contributed by atoms with E-state index in [9.17, 15) is 9.59 Å². The number of hydrogen-bond acceptors (Lipinski definition) is 5. The molecule has 0 fully saturated rings. The lowest BCUT2D eigenvalue weighted by molar-refractivity contribution is -0.123. The molecule has 0 bridgehead atoms. The van der Waals surface area contributed by atoms with Gasteiger partial charge in [0, 0.05) is 30.0 Å². The zero-order valence-corrected chi connectivity index (χ0v) is 18.4. The molecule has 2 aromatic rings. The highest BCUT2D eigenvalue weighted by molar-refractivity contribution is 5.97. The molecule has 2 rings (SSSR count). The lowest BCUT2D eigenvalue weighted by Crippen LogP contribution is -2.47. The van der Waals surface area contributed by atoms with E-state index in [0.29, 0.717) is 36.8 Å². The van der Waals surface area contributed by atoms with Gasteiger partial charge in [0.05, 0.1) is 13.2 Å². The minimum absolute atomic E-state index is 0.00311. The molecule has 7 nitrogen and oxygen atoms in total. The van der Waals surface area contributed by atoms with Gasteiger partial charge in [-0.3, -0.25) is 14.6 Å². The molecule has 30 heavy (non-hydrogen) atoms. The third-order valence-corrected chi connectivity index (χ3v) is 4.15. The summed E-state index contributed by atoms with van der Waals surface area (Å²) < 4.78 is 11.6. The number of hydrogen-bond donors (Lipinski definition) is 1. The van der Waals surface area contributed by atoms with Crippen LogP contribution in [0.5, 0.6) is 11.5 Å². The number of carbonyl (C=O) groups is 2. The maximum Gasteiger partial charge on any atom is 0.254 e. The van der Waals surface area contributed by atoms with Crippen molar-refractivity contribution in [3.05, 3.63) is 53.9 Å². The monoisotopic (exact) mass is 413 g/mol. The first-order valence-corrected chi connectivity index (χ1v) is 10.1. The predicted molar refractivity (Wildman–Crippen MR) is 116 cm³/mol. The molecule has 2 amide bonds. The highest BCUT2D eigenvalue weighted by Gasteiger charge is 2.21. The van der Waals surface area contributed by atoms with Gasteiger partial charge in [-0.2, -0.15) is 0 Å². The van der Waals surface area contributed by atoms with E-state index in [1.54, 1.807) is 30.6 Å². The average Bonchev–Trinajstić information content (AvgIpc) is 2.70. The Kier molecular flexibility index (Phi) is 8.21. The van der Waals surface area contributed by atoms with Crippen molar-refractivity contribution in [1.29, 1.82) is 0 Å². The molecule has 0 spiro atoms. The fourth-order valence-electron chi connectivity index (χ4n) is 2.81. The lowest BCUT2D eigenvalue weighted by atomic mass is 10.1. The molecule has 0 aliphatic heterocycles. The van der Waals surface area contributed by atoms with Crippen LogP contribution in [0.1, 0.15) is 50.5 Å². The van der Waals surface area contributed by atoms with Gasteiger partial charge in [-0.25, -0.2) is 0 Å². The Morgan fingerprint density at radius 2 is 1.73 bits per heavy atom. The standard InChI is InChI=1S/C23H31N3O4/c1-6-26(15-21(27)25-23(3,4)5)22(28)18-8-9-19(20(14-18)29-7-2)30-16-17-10-12-24-13-11-17/h8-14H,6-7,15-16H2,1-5H3,(H,25,27). The molecular formula is C23H31N3O4. The topological polar surface area (TPSA) is 80.8 Å². The second-order valence-corrected chi connectivity index (χ2v) is 7.86. The van der Waals surface area contributed by atoms with Gasteiger partial charge >= 0.3 is 0 Å². The number of carbonyl (C=O) groups excluding carboxylic acids is 2. The molecule has 0 aliphatic rings. The van der Waals surface area contributed by atoms with Gasteiger partial charge < -0.3 is 19.7 Å². The second kappa shape index (κ2) is 10.6. The minimum Gasteiger partial charge on any atom is -0.490 e. The second-order valence-electron chi connectivity index (χ2n) is 7.86. The third kappa shape index (κ3) is 7.06. The molecular weight excluding hydrogens is 382 g/mol. The maximum atomic E-state index is 13.0. The molecule has 0 saturated carbocycles. The van der Waals surface area contributed by atoms with Crippen LogP contribution in [0.4, 0.5) is 0 Å². The maximum absolute atomic E-state index is 13.0. The highest BCUT2D eigenvalue weighted by atomic mass is 16.5. The quantitative estimate of drug-likeness (QED) is 0.681. The average molecular weight is 414 g/mol. The van der Waals surface area contributed by atoms with Gasteiger partial charge in [-0.1, -0.05) is 0 Å². The summed E-state index contributed by atoms with van der Waals surface area (Å²) in [7, 11) is 0. The van der Waals surface area contributed by atoms with Crippen LogP contribution >= 0.6 is 0 Å². The third-order valence-electron chi connectivity index (χ3n) is 4.15. The van der Waals surface area contributed by atoms with Crippen LogP contribution in [0.3, 0.4) is 0 Å². The molecule has 0 atom stereocenters. The zero-order valence-electron chi connectivity index (χ0n) is 18.4. The van der Waals surface area contributed by atoms with Crippen LogP contribution in [-0.4, -0.2) is 46.9 Å². The van der Waals surface area contributed by atoms with Crippen molar-refractivity contribution in [2.45, 2.75) is 46.8 Å². The molecule has 0 radical (unpaired) electrons. The van der Waals surface area contributed by atoms with Crippen molar-refractivity contribution in [3.63, 3.8) is 0 Å². The Balaban J connectivity index is 2.14.